The van der Waals surface area contributed by atoms with E-state index in [2.05, 4.69) is 17.1 Å². The lowest BCUT2D eigenvalue weighted by molar-refractivity contribution is -0.147. The standard InChI is InChI=1S/C15H28N2O2/c1-4-17-7-5-12(6-8-17)9-13-10-15(2,16-11-13)14(18)19-3/h12-13,16H,4-11H2,1-3H3. The van der Waals surface area contributed by atoms with Gasteiger partial charge in [-0.2, -0.15) is 0 Å². The Morgan fingerprint density at radius 3 is 2.63 bits per heavy atom. The van der Waals surface area contributed by atoms with E-state index >= 15 is 0 Å². The van der Waals surface area contributed by atoms with Crippen LogP contribution in [0.15, 0.2) is 0 Å². The lowest BCUT2D eigenvalue weighted by Crippen LogP contribution is -2.45. The molecule has 2 saturated heterocycles. The fourth-order valence-electron chi connectivity index (χ4n) is 3.65. The lowest BCUT2D eigenvalue weighted by atomic mass is 9.84. The van der Waals surface area contributed by atoms with Gasteiger partial charge in [-0.3, -0.25) is 4.79 Å². The molecular formula is C15H28N2O2. The predicted molar refractivity (Wildman–Crippen MR) is 76.0 cm³/mol. The molecule has 110 valence electrons. The minimum Gasteiger partial charge on any atom is -0.468 e. The highest BCUT2D eigenvalue weighted by Crippen LogP contribution is 2.32. The van der Waals surface area contributed by atoms with Crippen LogP contribution in [-0.2, 0) is 9.53 Å². The second kappa shape index (κ2) is 6.23. The molecule has 4 nitrogen and oxygen atoms in total. The molecule has 1 N–H and O–H groups in total. The fourth-order valence-corrected chi connectivity index (χ4v) is 3.65. The summed E-state index contributed by atoms with van der Waals surface area (Å²) in [5.74, 6) is 1.35. The Hall–Kier alpha value is -0.610. The molecule has 2 fully saturated rings. The summed E-state index contributed by atoms with van der Waals surface area (Å²) in [7, 11) is 1.48. The molecule has 4 heteroatoms. The molecule has 0 saturated carbocycles. The van der Waals surface area contributed by atoms with Crippen molar-refractivity contribution in [3.05, 3.63) is 0 Å². The Morgan fingerprint density at radius 1 is 1.37 bits per heavy atom. The Labute approximate surface area is 116 Å². The van der Waals surface area contributed by atoms with E-state index in [-0.39, 0.29) is 5.97 Å². The number of nitrogens with one attached hydrogen (secondary N) is 1. The van der Waals surface area contributed by atoms with E-state index < -0.39 is 5.54 Å². The third-order valence-electron chi connectivity index (χ3n) is 4.93. The molecule has 2 atom stereocenters. The SMILES string of the molecule is CCN1CCC(CC2CNC(C)(C(=O)OC)C2)CC1. The van der Waals surface area contributed by atoms with Crippen molar-refractivity contribution in [1.82, 2.24) is 10.2 Å². The molecule has 0 bridgehead atoms. The van der Waals surface area contributed by atoms with Crippen LogP contribution in [0.1, 0.15) is 39.5 Å². The fraction of sp³-hybridized carbons (Fsp3) is 0.933. The maximum Gasteiger partial charge on any atom is 0.325 e. The summed E-state index contributed by atoms with van der Waals surface area (Å²) < 4.78 is 4.90. The first-order valence-electron chi connectivity index (χ1n) is 7.63. The van der Waals surface area contributed by atoms with Crippen molar-refractivity contribution in [2.75, 3.05) is 33.3 Å². The van der Waals surface area contributed by atoms with Gasteiger partial charge in [0.15, 0.2) is 0 Å². The van der Waals surface area contributed by atoms with Gasteiger partial charge in [0.05, 0.1) is 7.11 Å². The molecule has 0 aliphatic carbocycles. The van der Waals surface area contributed by atoms with Crippen LogP contribution in [0.3, 0.4) is 0 Å². The van der Waals surface area contributed by atoms with Crippen LogP contribution in [0.4, 0.5) is 0 Å². The zero-order valence-corrected chi connectivity index (χ0v) is 12.6. The molecule has 2 unspecified atom stereocenters. The molecular weight excluding hydrogens is 240 g/mol. The van der Waals surface area contributed by atoms with Crippen molar-refractivity contribution in [2.24, 2.45) is 11.8 Å². The first-order valence-corrected chi connectivity index (χ1v) is 7.63. The van der Waals surface area contributed by atoms with E-state index in [9.17, 15) is 4.79 Å². The van der Waals surface area contributed by atoms with Gasteiger partial charge in [0, 0.05) is 0 Å². The summed E-state index contributed by atoms with van der Waals surface area (Å²) in [5, 5.41) is 3.36. The van der Waals surface area contributed by atoms with Gasteiger partial charge in [-0.15, -0.1) is 0 Å². The number of hydrogen-bond donors (Lipinski definition) is 1. The van der Waals surface area contributed by atoms with Gasteiger partial charge >= 0.3 is 5.97 Å². The first kappa shape index (κ1) is 14.8. The zero-order chi connectivity index (χ0) is 13.9. The van der Waals surface area contributed by atoms with Crippen LogP contribution in [0.25, 0.3) is 0 Å². The molecule has 0 spiro atoms. The van der Waals surface area contributed by atoms with Gasteiger partial charge in [-0.1, -0.05) is 6.92 Å². The normalized spacial score (nSPS) is 33.5. The highest BCUT2D eigenvalue weighted by molar-refractivity contribution is 5.80. The number of likely N-dealkylation sites (tertiary alicyclic amines) is 1. The largest absolute Gasteiger partial charge is 0.468 e. The molecule has 0 aromatic carbocycles. The van der Waals surface area contributed by atoms with Crippen molar-refractivity contribution < 1.29 is 9.53 Å². The second-order valence-corrected chi connectivity index (χ2v) is 6.39. The van der Waals surface area contributed by atoms with Crippen LogP contribution >= 0.6 is 0 Å². The quantitative estimate of drug-likeness (QED) is 0.787. The molecule has 2 aliphatic heterocycles. The van der Waals surface area contributed by atoms with E-state index in [1.165, 1.54) is 46.0 Å². The molecule has 0 aromatic heterocycles. The van der Waals surface area contributed by atoms with Gasteiger partial charge in [0.25, 0.3) is 0 Å². The average molecular weight is 268 g/mol. The van der Waals surface area contributed by atoms with E-state index in [0.717, 1.165) is 18.9 Å². The van der Waals surface area contributed by atoms with Crippen LogP contribution in [-0.4, -0.2) is 49.7 Å². The minimum atomic E-state index is -0.455. The van der Waals surface area contributed by atoms with Gasteiger partial charge in [0.1, 0.15) is 5.54 Å². The summed E-state index contributed by atoms with van der Waals surface area (Å²) in [5.41, 5.74) is -0.455. The van der Waals surface area contributed by atoms with Crippen LogP contribution in [0.2, 0.25) is 0 Å². The van der Waals surface area contributed by atoms with Crippen LogP contribution in [0, 0.1) is 11.8 Å². The van der Waals surface area contributed by atoms with E-state index in [0.29, 0.717) is 5.92 Å². The maximum atomic E-state index is 11.8. The molecule has 0 radical (unpaired) electrons. The monoisotopic (exact) mass is 268 g/mol. The highest BCUT2D eigenvalue weighted by Gasteiger charge is 2.42. The smallest absolute Gasteiger partial charge is 0.325 e. The Morgan fingerprint density at radius 2 is 2.05 bits per heavy atom. The van der Waals surface area contributed by atoms with Gasteiger partial charge in [-0.05, 0) is 70.6 Å². The number of hydrogen-bond acceptors (Lipinski definition) is 4. The van der Waals surface area contributed by atoms with Crippen LogP contribution < -0.4 is 5.32 Å². The van der Waals surface area contributed by atoms with E-state index in [4.69, 9.17) is 4.74 Å². The molecule has 2 rings (SSSR count). The highest BCUT2D eigenvalue weighted by atomic mass is 16.5. The Balaban J connectivity index is 1.78. The van der Waals surface area contributed by atoms with Crippen molar-refractivity contribution in [3.63, 3.8) is 0 Å². The number of rotatable bonds is 4. The summed E-state index contributed by atoms with van der Waals surface area (Å²) in [4.78, 5) is 14.3. The summed E-state index contributed by atoms with van der Waals surface area (Å²) in [6.07, 6.45) is 4.82. The van der Waals surface area contributed by atoms with Crippen molar-refractivity contribution in [3.8, 4) is 0 Å². The lowest BCUT2D eigenvalue weighted by Gasteiger charge is -2.32. The van der Waals surface area contributed by atoms with E-state index in [1.54, 1.807) is 0 Å². The summed E-state index contributed by atoms with van der Waals surface area (Å²) in [6.45, 7) is 8.84. The molecule has 19 heavy (non-hydrogen) atoms. The van der Waals surface area contributed by atoms with Crippen molar-refractivity contribution >= 4 is 5.97 Å². The third-order valence-corrected chi connectivity index (χ3v) is 4.93. The number of piperidine rings is 1. The number of ether oxygens (including phenoxy) is 1. The topological polar surface area (TPSA) is 41.6 Å². The number of carbonyl (C=O) groups is 1. The Bertz CT molecular complexity index is 313. The van der Waals surface area contributed by atoms with Crippen LogP contribution in [0.5, 0.6) is 0 Å². The maximum absolute atomic E-state index is 11.8. The third kappa shape index (κ3) is 3.48. The number of nitrogens with zero attached hydrogens (tertiary/aromatic N) is 1. The Kier molecular flexibility index (Phi) is 4.85. The number of carbonyl (C=O) groups excluding carboxylic acids is 1. The number of methoxy groups -OCH3 is 1. The average Bonchev–Trinajstić information content (AvgIpc) is 2.81. The molecule has 2 heterocycles. The molecule has 0 amide bonds. The van der Waals surface area contributed by atoms with Crippen molar-refractivity contribution in [1.29, 1.82) is 0 Å². The summed E-state index contributed by atoms with van der Waals surface area (Å²) >= 11 is 0. The minimum absolute atomic E-state index is 0.115. The first-order chi connectivity index (χ1) is 9.07. The molecule has 0 aromatic rings. The van der Waals surface area contributed by atoms with Crippen molar-refractivity contribution in [2.45, 2.75) is 45.1 Å². The van der Waals surface area contributed by atoms with Gasteiger partial charge in [0.2, 0.25) is 0 Å². The molecule has 2 aliphatic rings. The number of esters is 1. The second-order valence-electron chi connectivity index (χ2n) is 6.39. The zero-order valence-electron chi connectivity index (χ0n) is 12.6. The predicted octanol–water partition coefficient (Wildman–Crippen LogP) is 1.65. The van der Waals surface area contributed by atoms with Gasteiger partial charge in [-0.25, -0.2) is 0 Å². The summed E-state index contributed by atoms with van der Waals surface area (Å²) in [6, 6.07) is 0. The van der Waals surface area contributed by atoms with E-state index in [1.807, 2.05) is 6.92 Å². The van der Waals surface area contributed by atoms with Gasteiger partial charge < -0.3 is 15.0 Å².